The number of nitrogens with zero attached hydrogens (tertiary/aromatic N) is 1. The Hall–Kier alpha value is -1.50. The molecule has 0 radical (unpaired) electrons. The van der Waals surface area contributed by atoms with Crippen LogP contribution in [-0.2, 0) is 0 Å². The van der Waals surface area contributed by atoms with E-state index in [1.54, 1.807) is 18.2 Å². The zero-order valence-corrected chi connectivity index (χ0v) is 10.6. The summed E-state index contributed by atoms with van der Waals surface area (Å²) >= 11 is 3.26. The first-order valence-electron chi connectivity index (χ1n) is 5.01. The molecule has 3 N–H and O–H groups in total. The predicted molar refractivity (Wildman–Crippen MR) is 68.4 cm³/mol. The fourth-order valence-electron chi connectivity index (χ4n) is 1.57. The lowest BCUT2D eigenvalue weighted by atomic mass is 10.1. The van der Waals surface area contributed by atoms with Crippen molar-refractivity contribution in [2.75, 3.05) is 17.6 Å². The monoisotopic (exact) mass is 319 g/mol. The van der Waals surface area contributed by atoms with Crippen molar-refractivity contribution in [3.05, 3.63) is 28.9 Å². The van der Waals surface area contributed by atoms with E-state index in [1.165, 1.54) is 6.20 Å². The van der Waals surface area contributed by atoms with Crippen LogP contribution in [-0.4, -0.2) is 17.7 Å². The number of halogens is 4. The highest BCUT2D eigenvalue weighted by Gasteiger charge is 2.27. The van der Waals surface area contributed by atoms with Gasteiger partial charge in [0.2, 0.25) is 0 Å². The van der Waals surface area contributed by atoms with Gasteiger partial charge >= 0.3 is 6.18 Å². The molecule has 0 spiro atoms. The van der Waals surface area contributed by atoms with E-state index in [4.69, 9.17) is 5.73 Å². The minimum absolute atomic E-state index is 0.185. The van der Waals surface area contributed by atoms with Gasteiger partial charge in [-0.2, -0.15) is 13.2 Å². The van der Waals surface area contributed by atoms with E-state index >= 15 is 0 Å². The number of nitrogens with one attached hydrogen (secondary N) is 1. The first kappa shape index (κ1) is 12.9. The quantitative estimate of drug-likeness (QED) is 0.890. The second-order valence-corrected chi connectivity index (χ2v) is 4.63. The molecule has 0 aliphatic carbocycles. The molecule has 0 unspecified atom stereocenters. The van der Waals surface area contributed by atoms with Crippen LogP contribution in [0.5, 0.6) is 0 Å². The molecular formula is C11H9BrF3N3. The molecule has 2 aromatic rings. The summed E-state index contributed by atoms with van der Waals surface area (Å²) in [6.45, 7) is -1.14. The molecule has 0 bridgehead atoms. The Kier molecular flexibility index (Phi) is 3.34. The van der Waals surface area contributed by atoms with Crippen molar-refractivity contribution in [1.29, 1.82) is 0 Å². The highest BCUT2D eigenvalue weighted by atomic mass is 79.9. The number of hydrogen-bond donors (Lipinski definition) is 2. The van der Waals surface area contributed by atoms with Gasteiger partial charge in [0.1, 0.15) is 6.54 Å². The molecule has 0 saturated carbocycles. The standard InChI is InChI=1S/C11H9BrF3N3/c12-6-1-2-9-7(3-6)10(8(16)4-17-9)18-5-11(13,14)15/h1-4H,5,16H2,(H,17,18). The molecule has 18 heavy (non-hydrogen) atoms. The number of aromatic nitrogens is 1. The van der Waals surface area contributed by atoms with Crippen LogP contribution in [0, 0.1) is 0 Å². The molecule has 1 aromatic heterocycles. The third-order valence-corrected chi connectivity index (χ3v) is 2.82. The lowest BCUT2D eigenvalue weighted by molar-refractivity contribution is -0.115. The third kappa shape index (κ3) is 2.84. The van der Waals surface area contributed by atoms with Crippen molar-refractivity contribution in [2.45, 2.75) is 6.18 Å². The van der Waals surface area contributed by atoms with Gasteiger partial charge in [-0.05, 0) is 18.2 Å². The van der Waals surface area contributed by atoms with Gasteiger partial charge in [0.15, 0.2) is 0 Å². The van der Waals surface area contributed by atoms with Crippen molar-refractivity contribution in [3.8, 4) is 0 Å². The van der Waals surface area contributed by atoms with E-state index in [-0.39, 0.29) is 11.4 Å². The highest BCUT2D eigenvalue weighted by molar-refractivity contribution is 9.10. The Balaban J connectivity index is 2.47. The first-order valence-corrected chi connectivity index (χ1v) is 5.80. The number of hydrogen-bond acceptors (Lipinski definition) is 3. The van der Waals surface area contributed by atoms with Crippen LogP contribution < -0.4 is 11.1 Å². The number of nitrogen functional groups attached to an aromatic ring is 1. The summed E-state index contributed by atoms with van der Waals surface area (Å²) in [5.41, 5.74) is 6.67. The van der Waals surface area contributed by atoms with Crippen LogP contribution in [0.4, 0.5) is 24.5 Å². The number of anilines is 2. The number of benzene rings is 1. The van der Waals surface area contributed by atoms with Gasteiger partial charge in [-0.3, -0.25) is 4.98 Å². The molecule has 96 valence electrons. The molecule has 2 rings (SSSR count). The van der Waals surface area contributed by atoms with Gasteiger partial charge in [0, 0.05) is 9.86 Å². The summed E-state index contributed by atoms with van der Waals surface area (Å²) in [7, 11) is 0. The van der Waals surface area contributed by atoms with E-state index in [0.29, 0.717) is 10.9 Å². The molecular weight excluding hydrogens is 311 g/mol. The maximum Gasteiger partial charge on any atom is 0.405 e. The molecule has 0 atom stereocenters. The van der Waals surface area contributed by atoms with Crippen molar-refractivity contribution in [1.82, 2.24) is 4.98 Å². The SMILES string of the molecule is Nc1cnc2ccc(Br)cc2c1NCC(F)(F)F. The van der Waals surface area contributed by atoms with Gasteiger partial charge in [0.25, 0.3) is 0 Å². The summed E-state index contributed by atoms with van der Waals surface area (Å²) in [6, 6.07) is 5.15. The zero-order chi connectivity index (χ0) is 13.3. The van der Waals surface area contributed by atoms with Crippen molar-refractivity contribution >= 4 is 38.2 Å². The molecule has 1 aromatic carbocycles. The van der Waals surface area contributed by atoms with Gasteiger partial charge in [-0.15, -0.1) is 0 Å². The lowest BCUT2D eigenvalue weighted by Gasteiger charge is -2.14. The van der Waals surface area contributed by atoms with Crippen molar-refractivity contribution < 1.29 is 13.2 Å². The Morgan fingerprint density at radius 1 is 1.33 bits per heavy atom. The molecule has 0 saturated heterocycles. The molecule has 0 aliphatic rings. The lowest BCUT2D eigenvalue weighted by Crippen LogP contribution is -2.22. The fraction of sp³-hybridized carbons (Fsp3) is 0.182. The molecule has 7 heteroatoms. The number of alkyl halides is 3. The van der Waals surface area contributed by atoms with Crippen LogP contribution in [0.1, 0.15) is 0 Å². The summed E-state index contributed by atoms with van der Waals surface area (Å²) in [5, 5.41) is 2.86. The van der Waals surface area contributed by atoms with Crippen molar-refractivity contribution in [3.63, 3.8) is 0 Å². The first-order chi connectivity index (χ1) is 8.37. The van der Waals surface area contributed by atoms with Gasteiger partial charge in [-0.1, -0.05) is 15.9 Å². The smallest absolute Gasteiger partial charge is 0.396 e. The molecule has 1 heterocycles. The van der Waals surface area contributed by atoms with Crippen LogP contribution in [0.25, 0.3) is 10.9 Å². The summed E-state index contributed by atoms with van der Waals surface area (Å²) in [6.07, 6.45) is -2.96. The largest absolute Gasteiger partial charge is 0.405 e. The maximum absolute atomic E-state index is 12.2. The summed E-state index contributed by atoms with van der Waals surface area (Å²) in [5.74, 6) is 0. The second-order valence-electron chi connectivity index (χ2n) is 3.72. The normalized spacial score (nSPS) is 11.8. The minimum atomic E-state index is -4.30. The van der Waals surface area contributed by atoms with Gasteiger partial charge < -0.3 is 11.1 Å². The topological polar surface area (TPSA) is 50.9 Å². The summed E-state index contributed by atoms with van der Waals surface area (Å²) in [4.78, 5) is 4.06. The minimum Gasteiger partial charge on any atom is -0.396 e. The average Bonchev–Trinajstić information content (AvgIpc) is 2.26. The van der Waals surface area contributed by atoms with Crippen molar-refractivity contribution in [2.24, 2.45) is 0 Å². The Bertz CT molecular complexity index is 578. The third-order valence-electron chi connectivity index (χ3n) is 2.32. The maximum atomic E-state index is 12.2. The Morgan fingerprint density at radius 2 is 2.06 bits per heavy atom. The fourth-order valence-corrected chi connectivity index (χ4v) is 1.93. The van der Waals surface area contributed by atoms with Crippen LogP contribution in [0.2, 0.25) is 0 Å². The Labute approximate surface area is 109 Å². The predicted octanol–water partition coefficient (Wildman–Crippen LogP) is 3.55. The Morgan fingerprint density at radius 3 is 2.72 bits per heavy atom. The van der Waals surface area contributed by atoms with E-state index in [9.17, 15) is 13.2 Å². The van der Waals surface area contributed by atoms with Gasteiger partial charge in [-0.25, -0.2) is 0 Å². The molecule has 0 aliphatic heterocycles. The number of pyridine rings is 1. The zero-order valence-electron chi connectivity index (χ0n) is 9.05. The van der Waals surface area contributed by atoms with E-state index in [0.717, 1.165) is 4.47 Å². The van der Waals surface area contributed by atoms with Crippen LogP contribution >= 0.6 is 15.9 Å². The van der Waals surface area contributed by atoms with Gasteiger partial charge in [0.05, 0.1) is 23.1 Å². The highest BCUT2D eigenvalue weighted by Crippen LogP contribution is 2.30. The molecule has 0 fully saturated rings. The number of rotatable bonds is 2. The van der Waals surface area contributed by atoms with Crippen LogP contribution in [0.3, 0.4) is 0 Å². The number of fused-ring (bicyclic) bond motifs is 1. The summed E-state index contributed by atoms with van der Waals surface area (Å²) < 4.78 is 37.4. The second kappa shape index (κ2) is 4.64. The van der Waals surface area contributed by atoms with E-state index in [2.05, 4.69) is 26.2 Å². The molecule has 0 amide bonds. The average molecular weight is 320 g/mol. The van der Waals surface area contributed by atoms with E-state index < -0.39 is 12.7 Å². The number of nitrogens with two attached hydrogens (primary N) is 1. The molecule has 3 nitrogen and oxygen atoms in total. The van der Waals surface area contributed by atoms with Crippen LogP contribution in [0.15, 0.2) is 28.9 Å². The van der Waals surface area contributed by atoms with E-state index in [1.807, 2.05) is 0 Å².